The molecule has 1 saturated carbocycles. The molecule has 5 unspecified atom stereocenters. The van der Waals surface area contributed by atoms with E-state index in [0.29, 0.717) is 19.3 Å². The minimum atomic E-state index is -5.71. The minimum Gasteiger partial charge on any atom is -0.466 e. The molecule has 0 amide bonds. The van der Waals surface area contributed by atoms with Gasteiger partial charge in [-0.25, -0.2) is 27.3 Å². The van der Waals surface area contributed by atoms with Crippen LogP contribution in [0.1, 0.15) is 117 Å². The van der Waals surface area contributed by atoms with Gasteiger partial charge in [-0.2, -0.15) is 0 Å². The highest BCUT2D eigenvalue weighted by atomic mass is 31.2. The van der Waals surface area contributed by atoms with Gasteiger partial charge >= 0.3 is 59.3 Å². The van der Waals surface area contributed by atoms with Crippen molar-refractivity contribution in [1.29, 1.82) is 0 Å². The molecule has 1 aliphatic carbocycles. The highest BCUT2D eigenvalue weighted by Crippen LogP contribution is 2.54. The molecule has 0 aromatic heterocycles. The molecule has 1 aliphatic rings. The summed E-state index contributed by atoms with van der Waals surface area (Å²) in [6, 6.07) is 0. The predicted octanol–water partition coefficient (Wildman–Crippen LogP) is 2.63. The zero-order chi connectivity index (χ0) is 49.8. The second-order valence-corrected chi connectivity index (χ2v) is 18.4. The second kappa shape index (κ2) is 32.7. The van der Waals surface area contributed by atoms with E-state index in [1.165, 1.54) is 0 Å². The summed E-state index contributed by atoms with van der Waals surface area (Å²) in [5.74, 6) is -4.50. The van der Waals surface area contributed by atoms with Crippen molar-refractivity contribution >= 4 is 59.3 Å². The lowest BCUT2D eigenvalue weighted by Gasteiger charge is -2.45. The Hall–Kier alpha value is -2.97. The maximum absolute atomic E-state index is 13.1. The first kappa shape index (κ1) is 61.0. The number of ether oxygens (including phenoxy) is 6. The minimum absolute atomic E-state index is 0.00358. The molecule has 0 saturated heterocycles. The van der Waals surface area contributed by atoms with Gasteiger partial charge in [0.2, 0.25) is 20.4 Å². The molecule has 0 radical (unpaired) electrons. The van der Waals surface area contributed by atoms with E-state index in [4.69, 9.17) is 32.5 Å². The average Bonchev–Trinajstić information content (AvgIpc) is 3.24. The maximum atomic E-state index is 13.1. The SMILES string of the molecule is CCCCC(=O)OCCCC(=O)OCOP(=O)(O)OC1[C@H](OP(=O)(O)OCOC(=O)CCCOC(=O)CCCC)[C@H](O)C(O)[C@H](O)[C@H]1OP(=O)(O)OCOC(=O)CCCOC(=O)CCCC. The van der Waals surface area contributed by atoms with Crippen LogP contribution in [-0.2, 0) is 98.0 Å². The number of hydrogen-bond donors (Lipinski definition) is 6. The molecule has 0 bridgehead atoms. The first-order valence-corrected chi connectivity index (χ1v) is 25.5. The quantitative estimate of drug-likeness (QED) is 0.0173. The number of carbonyl (C=O) groups excluding carboxylic acids is 6. The monoisotopic (exact) mass is 1020 g/mol. The van der Waals surface area contributed by atoms with Crippen molar-refractivity contribution in [2.45, 2.75) is 154 Å². The molecule has 1 rings (SSSR count). The molecule has 30 heteroatoms. The summed E-state index contributed by atoms with van der Waals surface area (Å²) in [5, 5.41) is 32.3. The van der Waals surface area contributed by atoms with Crippen LogP contribution in [0.4, 0.5) is 0 Å². The van der Waals surface area contributed by atoms with Crippen molar-refractivity contribution in [2.75, 3.05) is 40.2 Å². The fourth-order valence-electron chi connectivity index (χ4n) is 5.16. The van der Waals surface area contributed by atoms with Gasteiger partial charge in [-0.3, -0.25) is 42.3 Å². The van der Waals surface area contributed by atoms with Crippen molar-refractivity contribution in [3.8, 4) is 0 Å². The average molecular weight is 1020 g/mol. The number of hydrogen-bond acceptors (Lipinski definition) is 24. The zero-order valence-electron chi connectivity index (χ0n) is 36.9. The van der Waals surface area contributed by atoms with Gasteiger partial charge in [0.25, 0.3) is 0 Å². The number of carbonyl (C=O) groups is 6. The van der Waals surface area contributed by atoms with Crippen LogP contribution in [0.2, 0.25) is 0 Å². The lowest BCUT2D eigenvalue weighted by atomic mass is 9.85. The Morgan fingerprint density at radius 2 is 0.621 bits per heavy atom. The summed E-state index contributed by atoms with van der Waals surface area (Å²) >= 11 is 0. The third-order valence-electron chi connectivity index (χ3n) is 8.66. The van der Waals surface area contributed by atoms with Crippen molar-refractivity contribution in [1.82, 2.24) is 0 Å². The van der Waals surface area contributed by atoms with E-state index in [9.17, 15) is 72.5 Å². The number of aliphatic hydroxyl groups excluding tert-OH is 3. The molecule has 0 aliphatic heterocycles. The summed E-state index contributed by atoms with van der Waals surface area (Å²) in [7, 11) is -17.0. The lowest BCUT2D eigenvalue weighted by Crippen LogP contribution is -2.65. The van der Waals surface area contributed by atoms with E-state index in [0.717, 1.165) is 19.3 Å². The normalized spacial score (nSPS) is 22.1. The molecule has 27 nitrogen and oxygen atoms in total. The Balaban J connectivity index is 3.09. The molecular weight excluding hydrogens is 957 g/mol. The largest absolute Gasteiger partial charge is 0.475 e. The van der Waals surface area contributed by atoms with Crippen LogP contribution >= 0.6 is 23.5 Å². The van der Waals surface area contributed by atoms with Crippen LogP contribution in [-0.4, -0.2) is 143 Å². The standard InChI is InChI=1S/C36H63O27P3/c1-4-7-13-25(37)52-19-10-16-28(40)55-22-58-64(46,47)61-34-32(44)31(43)33(45)35(62-65(48,49)59-23-56-29(41)17-11-20-53-26(38)14-8-5-2)36(34)63-66(50,51)60-24-57-30(42)18-12-21-54-27(39)15-9-6-3/h31-36,43-45H,4-24H2,1-3H3,(H,46,47)(H,48,49)(H,50,51)/t31?,32-,33+,34-,35-,36?/m1/s1. The first-order chi connectivity index (χ1) is 31.1. The number of phosphoric ester groups is 3. The van der Waals surface area contributed by atoms with Crippen molar-refractivity contribution in [3.05, 3.63) is 0 Å². The fourth-order valence-corrected chi connectivity index (χ4v) is 7.56. The summed E-state index contributed by atoms with van der Waals surface area (Å²) < 4.78 is 96.5. The summed E-state index contributed by atoms with van der Waals surface area (Å²) in [6.45, 7) is 1.23. The lowest BCUT2D eigenvalue weighted by molar-refractivity contribution is -0.216. The van der Waals surface area contributed by atoms with Crippen LogP contribution < -0.4 is 0 Å². The number of rotatable bonds is 36. The first-order valence-electron chi connectivity index (χ1n) is 21.0. The van der Waals surface area contributed by atoms with E-state index >= 15 is 0 Å². The molecule has 0 spiro atoms. The smallest absolute Gasteiger partial charge is 0.466 e. The zero-order valence-corrected chi connectivity index (χ0v) is 39.6. The molecular formula is C36H63O27P3. The van der Waals surface area contributed by atoms with Crippen molar-refractivity contribution in [2.24, 2.45) is 0 Å². The number of unbranched alkanes of at least 4 members (excludes halogenated alkanes) is 3. The van der Waals surface area contributed by atoms with Crippen LogP contribution in [0.15, 0.2) is 0 Å². The van der Waals surface area contributed by atoms with Crippen molar-refractivity contribution < 1.29 is 128 Å². The number of aliphatic hydroxyl groups is 3. The van der Waals surface area contributed by atoms with Gasteiger partial charge in [-0.1, -0.05) is 40.0 Å². The van der Waals surface area contributed by atoms with E-state index < -0.39 is 116 Å². The van der Waals surface area contributed by atoms with Crippen LogP contribution in [0.3, 0.4) is 0 Å². The molecule has 0 heterocycles. The van der Waals surface area contributed by atoms with E-state index in [1.807, 2.05) is 20.8 Å². The van der Waals surface area contributed by atoms with Gasteiger partial charge in [0.15, 0.2) is 0 Å². The maximum Gasteiger partial charge on any atom is 0.475 e. The highest BCUT2D eigenvalue weighted by Gasteiger charge is 2.57. The van der Waals surface area contributed by atoms with E-state index in [1.54, 1.807) is 0 Å². The Labute approximate surface area is 380 Å². The molecule has 1 fully saturated rings. The summed E-state index contributed by atoms with van der Waals surface area (Å²) in [6.07, 6.45) is -12.2. The molecule has 384 valence electrons. The predicted molar refractivity (Wildman–Crippen MR) is 217 cm³/mol. The molecule has 6 N–H and O–H groups in total. The van der Waals surface area contributed by atoms with Gasteiger partial charge in [0, 0.05) is 38.5 Å². The second-order valence-electron chi connectivity index (χ2n) is 14.2. The van der Waals surface area contributed by atoms with E-state index in [2.05, 4.69) is 23.0 Å². The number of phosphoric acid groups is 3. The van der Waals surface area contributed by atoms with Gasteiger partial charge in [0.05, 0.1) is 19.8 Å². The summed E-state index contributed by atoms with van der Waals surface area (Å²) in [4.78, 5) is 103. The Bertz CT molecular complexity index is 1560. The van der Waals surface area contributed by atoms with Crippen LogP contribution in [0.5, 0.6) is 0 Å². The molecule has 0 aromatic rings. The Kier molecular flexibility index (Phi) is 30.3. The highest BCUT2D eigenvalue weighted by molar-refractivity contribution is 7.48. The van der Waals surface area contributed by atoms with Gasteiger partial charge < -0.3 is 58.4 Å². The van der Waals surface area contributed by atoms with Crippen LogP contribution in [0.25, 0.3) is 0 Å². The Morgan fingerprint density at radius 3 is 0.894 bits per heavy atom. The fraction of sp³-hybridized carbons (Fsp3) is 0.833. The van der Waals surface area contributed by atoms with Gasteiger partial charge in [-0.05, 0) is 38.5 Å². The third-order valence-corrected chi connectivity index (χ3v) is 11.5. The third kappa shape index (κ3) is 27.1. The Morgan fingerprint density at radius 1 is 0.379 bits per heavy atom. The van der Waals surface area contributed by atoms with Gasteiger partial charge in [0.1, 0.15) is 36.6 Å². The van der Waals surface area contributed by atoms with E-state index in [-0.39, 0.29) is 77.6 Å². The van der Waals surface area contributed by atoms with Crippen LogP contribution in [0, 0.1) is 0 Å². The molecule has 66 heavy (non-hydrogen) atoms. The number of esters is 6. The van der Waals surface area contributed by atoms with Crippen molar-refractivity contribution in [3.63, 3.8) is 0 Å². The molecule has 0 aromatic carbocycles. The molecule has 9 atom stereocenters. The summed E-state index contributed by atoms with van der Waals surface area (Å²) in [5.41, 5.74) is 0. The topological polar surface area (TPSA) is 386 Å². The van der Waals surface area contributed by atoms with Gasteiger partial charge in [-0.15, -0.1) is 0 Å².